The van der Waals surface area contributed by atoms with E-state index in [1.54, 1.807) is 0 Å². The SMILES string of the molecule is Cc1cc(C(C)(C)C)cc(-c2cnc3cc(CC(C)(C)C)ccc3[n+]2C)c1C. The smallest absolute Gasteiger partial charge is 0.231 e. The first kappa shape index (κ1) is 20.5. The molecule has 0 N–H and O–H groups in total. The summed E-state index contributed by atoms with van der Waals surface area (Å²) in [7, 11) is 2.15. The van der Waals surface area contributed by atoms with Crippen LogP contribution in [0.2, 0.25) is 0 Å². The Morgan fingerprint density at radius 2 is 1.61 bits per heavy atom. The van der Waals surface area contributed by atoms with Gasteiger partial charge in [-0.15, -0.1) is 0 Å². The van der Waals surface area contributed by atoms with Gasteiger partial charge >= 0.3 is 0 Å². The van der Waals surface area contributed by atoms with Crippen LogP contribution in [0.3, 0.4) is 0 Å². The van der Waals surface area contributed by atoms with Crippen LogP contribution in [0.5, 0.6) is 0 Å². The van der Waals surface area contributed by atoms with Crippen LogP contribution >= 0.6 is 0 Å². The Labute approximate surface area is 170 Å². The van der Waals surface area contributed by atoms with Gasteiger partial charge in [0.2, 0.25) is 11.2 Å². The molecule has 28 heavy (non-hydrogen) atoms. The molecule has 1 aromatic heterocycles. The quantitative estimate of drug-likeness (QED) is 0.485. The van der Waals surface area contributed by atoms with Gasteiger partial charge in [-0.25, -0.2) is 4.98 Å². The average Bonchev–Trinajstić information content (AvgIpc) is 2.55. The van der Waals surface area contributed by atoms with Crippen molar-refractivity contribution in [2.45, 2.75) is 67.2 Å². The lowest BCUT2D eigenvalue weighted by Gasteiger charge is -2.22. The maximum atomic E-state index is 4.85. The van der Waals surface area contributed by atoms with Crippen LogP contribution in [-0.4, -0.2) is 4.98 Å². The van der Waals surface area contributed by atoms with Gasteiger partial charge in [-0.3, -0.25) is 0 Å². The first-order chi connectivity index (χ1) is 12.9. The fraction of sp³-hybridized carbons (Fsp3) is 0.462. The van der Waals surface area contributed by atoms with E-state index in [0.717, 1.165) is 11.9 Å². The summed E-state index contributed by atoms with van der Waals surface area (Å²) < 4.78 is 2.29. The molecule has 2 nitrogen and oxygen atoms in total. The molecule has 0 aliphatic heterocycles. The minimum absolute atomic E-state index is 0.123. The minimum Gasteiger partial charge on any atom is -0.243 e. The van der Waals surface area contributed by atoms with Crippen LogP contribution < -0.4 is 4.57 Å². The van der Waals surface area contributed by atoms with Gasteiger partial charge in [0.05, 0.1) is 5.56 Å². The second-order valence-electron chi connectivity index (χ2n) is 10.5. The van der Waals surface area contributed by atoms with Crippen LogP contribution in [0.1, 0.15) is 63.8 Å². The highest BCUT2D eigenvalue weighted by Gasteiger charge is 2.22. The second-order valence-corrected chi connectivity index (χ2v) is 10.5. The van der Waals surface area contributed by atoms with Crippen LogP contribution in [0.15, 0.2) is 36.5 Å². The highest BCUT2D eigenvalue weighted by atomic mass is 15.0. The number of fused-ring (bicyclic) bond motifs is 1. The molecular weight excluding hydrogens is 340 g/mol. The summed E-state index contributed by atoms with van der Waals surface area (Å²) in [5, 5.41) is 0. The molecule has 0 unspecified atom stereocenters. The normalized spacial score (nSPS) is 12.6. The van der Waals surface area contributed by atoms with E-state index in [1.165, 1.54) is 39.0 Å². The molecule has 0 fully saturated rings. The van der Waals surface area contributed by atoms with Gasteiger partial charge in [-0.2, -0.15) is 4.57 Å². The van der Waals surface area contributed by atoms with Gasteiger partial charge in [-0.1, -0.05) is 53.7 Å². The molecule has 0 bridgehead atoms. The summed E-state index contributed by atoms with van der Waals surface area (Å²) in [6.07, 6.45) is 3.10. The van der Waals surface area contributed by atoms with E-state index < -0.39 is 0 Å². The van der Waals surface area contributed by atoms with Crippen molar-refractivity contribution >= 4 is 11.0 Å². The van der Waals surface area contributed by atoms with Crippen molar-refractivity contribution in [3.8, 4) is 11.3 Å². The van der Waals surface area contributed by atoms with Crippen molar-refractivity contribution in [3.63, 3.8) is 0 Å². The molecule has 0 saturated carbocycles. The molecular formula is C26H35N2+. The number of rotatable bonds is 2. The maximum Gasteiger partial charge on any atom is 0.231 e. The molecule has 0 radical (unpaired) electrons. The van der Waals surface area contributed by atoms with Gasteiger partial charge in [0.25, 0.3) is 0 Å². The number of hydrogen-bond donors (Lipinski definition) is 0. The highest BCUT2D eigenvalue weighted by Crippen LogP contribution is 2.31. The first-order valence-electron chi connectivity index (χ1n) is 10.3. The maximum absolute atomic E-state index is 4.85. The topological polar surface area (TPSA) is 16.8 Å². The van der Waals surface area contributed by atoms with Gasteiger partial charge in [0.1, 0.15) is 18.8 Å². The lowest BCUT2D eigenvalue weighted by atomic mass is 9.83. The first-order valence-corrected chi connectivity index (χ1v) is 10.3. The Hall–Kier alpha value is -2.22. The van der Waals surface area contributed by atoms with E-state index in [2.05, 4.69) is 97.3 Å². The number of aryl methyl sites for hydroxylation is 2. The van der Waals surface area contributed by atoms with E-state index in [9.17, 15) is 0 Å². The lowest BCUT2D eigenvalue weighted by molar-refractivity contribution is -0.634. The summed E-state index contributed by atoms with van der Waals surface area (Å²) in [4.78, 5) is 4.85. The fourth-order valence-electron chi connectivity index (χ4n) is 3.83. The molecule has 0 atom stereocenters. The monoisotopic (exact) mass is 375 g/mol. The zero-order valence-electron chi connectivity index (χ0n) is 19.1. The van der Waals surface area contributed by atoms with Crippen molar-refractivity contribution in [2.24, 2.45) is 12.5 Å². The van der Waals surface area contributed by atoms with Crippen LogP contribution in [0.25, 0.3) is 22.3 Å². The van der Waals surface area contributed by atoms with E-state index in [-0.39, 0.29) is 10.8 Å². The Balaban J connectivity index is 2.16. The Morgan fingerprint density at radius 3 is 2.21 bits per heavy atom. The molecule has 2 heteroatoms. The highest BCUT2D eigenvalue weighted by molar-refractivity contribution is 5.74. The molecule has 148 valence electrons. The number of hydrogen-bond acceptors (Lipinski definition) is 1. The zero-order valence-corrected chi connectivity index (χ0v) is 19.1. The molecule has 2 aromatic carbocycles. The summed E-state index contributed by atoms with van der Waals surface area (Å²) in [5.74, 6) is 0. The van der Waals surface area contributed by atoms with Gasteiger partial charge < -0.3 is 0 Å². The van der Waals surface area contributed by atoms with E-state index >= 15 is 0 Å². The summed E-state index contributed by atoms with van der Waals surface area (Å²) >= 11 is 0. The number of benzene rings is 2. The number of aromatic nitrogens is 2. The summed E-state index contributed by atoms with van der Waals surface area (Å²) in [6, 6.07) is 11.4. The molecule has 0 spiro atoms. The molecule has 0 amide bonds. The standard InChI is InChI=1S/C26H35N2/c1-17-12-20(26(6,7)8)14-21(18(17)2)24-16-27-22-13-19(15-25(3,4)5)10-11-23(22)28(24)9/h10-14,16H,15H2,1-9H3/q+1. The van der Waals surface area contributed by atoms with Crippen molar-refractivity contribution < 1.29 is 4.57 Å². The van der Waals surface area contributed by atoms with Crippen LogP contribution in [-0.2, 0) is 18.9 Å². The Kier molecular flexibility index (Phi) is 5.12. The van der Waals surface area contributed by atoms with E-state index in [1.807, 2.05) is 6.20 Å². The molecule has 0 saturated heterocycles. The molecule has 1 heterocycles. The minimum atomic E-state index is 0.123. The third-order valence-corrected chi connectivity index (χ3v) is 5.63. The average molecular weight is 376 g/mol. The Bertz CT molecular complexity index is 1030. The largest absolute Gasteiger partial charge is 0.243 e. The van der Waals surface area contributed by atoms with Gasteiger partial charge in [0, 0.05) is 6.07 Å². The molecule has 0 aliphatic rings. The zero-order chi connectivity index (χ0) is 20.9. The van der Waals surface area contributed by atoms with Crippen molar-refractivity contribution in [1.82, 2.24) is 4.98 Å². The third kappa shape index (κ3) is 4.11. The summed E-state index contributed by atoms with van der Waals surface area (Å²) in [5.41, 5.74) is 10.5. The van der Waals surface area contributed by atoms with Crippen molar-refractivity contribution in [2.75, 3.05) is 0 Å². The lowest BCUT2D eigenvalue weighted by Crippen LogP contribution is -2.33. The molecule has 0 aliphatic carbocycles. The van der Waals surface area contributed by atoms with E-state index in [0.29, 0.717) is 0 Å². The van der Waals surface area contributed by atoms with Gasteiger partial charge in [0.15, 0.2) is 0 Å². The van der Waals surface area contributed by atoms with E-state index in [4.69, 9.17) is 4.98 Å². The van der Waals surface area contributed by atoms with Crippen LogP contribution in [0.4, 0.5) is 0 Å². The second kappa shape index (κ2) is 6.99. The Morgan fingerprint density at radius 1 is 0.929 bits per heavy atom. The van der Waals surface area contributed by atoms with Crippen molar-refractivity contribution in [3.05, 3.63) is 58.8 Å². The third-order valence-electron chi connectivity index (χ3n) is 5.63. The predicted molar refractivity (Wildman–Crippen MR) is 120 cm³/mol. The van der Waals surface area contributed by atoms with Crippen molar-refractivity contribution in [1.29, 1.82) is 0 Å². The number of nitrogens with zero attached hydrogens (tertiary/aromatic N) is 2. The molecule has 3 aromatic rings. The molecule has 3 rings (SSSR count). The fourth-order valence-corrected chi connectivity index (χ4v) is 3.83. The van der Waals surface area contributed by atoms with Crippen LogP contribution in [0, 0.1) is 19.3 Å². The van der Waals surface area contributed by atoms with Gasteiger partial charge in [-0.05, 0) is 65.5 Å². The summed E-state index contributed by atoms with van der Waals surface area (Å²) in [6.45, 7) is 18.1. The predicted octanol–water partition coefficient (Wildman–Crippen LogP) is 6.23.